The minimum atomic E-state index is -0.141. The van der Waals surface area contributed by atoms with Gasteiger partial charge in [0.1, 0.15) is 5.75 Å². The van der Waals surface area contributed by atoms with Crippen molar-refractivity contribution in [1.82, 2.24) is 15.1 Å². The third-order valence-electron chi connectivity index (χ3n) is 4.05. The molecule has 0 fully saturated rings. The lowest BCUT2D eigenvalue weighted by Gasteiger charge is -2.12. The monoisotopic (exact) mass is 349 g/mol. The molecule has 3 rings (SSSR count). The molecule has 26 heavy (non-hydrogen) atoms. The van der Waals surface area contributed by atoms with E-state index < -0.39 is 0 Å². The molecule has 134 valence electrons. The van der Waals surface area contributed by atoms with Gasteiger partial charge in [-0.2, -0.15) is 5.10 Å². The van der Waals surface area contributed by atoms with Crippen LogP contribution in [-0.2, 0) is 17.9 Å². The Morgan fingerprint density at radius 3 is 2.50 bits per heavy atom. The number of aromatic nitrogens is 2. The lowest BCUT2D eigenvalue weighted by atomic mass is 10.1. The van der Waals surface area contributed by atoms with Crippen LogP contribution >= 0.6 is 0 Å². The normalized spacial score (nSPS) is 10.5. The molecule has 5 nitrogen and oxygen atoms in total. The van der Waals surface area contributed by atoms with E-state index in [-0.39, 0.29) is 12.5 Å². The maximum atomic E-state index is 12.1. The van der Waals surface area contributed by atoms with Crippen molar-refractivity contribution in [1.29, 1.82) is 0 Å². The second-order valence-corrected chi connectivity index (χ2v) is 6.36. The van der Waals surface area contributed by atoms with Crippen molar-refractivity contribution in [3.8, 4) is 5.75 Å². The van der Waals surface area contributed by atoms with Crippen LogP contribution in [0.5, 0.6) is 5.75 Å². The standard InChI is InChI=1S/C21H23N3O2/c1-16-10-17(2)12-20(11-16)26-15-21(25)22-13-18-6-3-4-7-19(18)14-24-9-5-8-23-24/h3-12H,13-15H2,1-2H3,(H,22,25). The number of carbonyl (C=O) groups excluding carboxylic acids is 1. The summed E-state index contributed by atoms with van der Waals surface area (Å²) in [4.78, 5) is 12.1. The Kier molecular flexibility index (Phi) is 5.69. The van der Waals surface area contributed by atoms with Crippen molar-refractivity contribution in [3.63, 3.8) is 0 Å². The first-order valence-corrected chi connectivity index (χ1v) is 8.62. The zero-order valence-electron chi connectivity index (χ0n) is 15.1. The molecule has 5 heteroatoms. The summed E-state index contributed by atoms with van der Waals surface area (Å²) in [7, 11) is 0. The van der Waals surface area contributed by atoms with Gasteiger partial charge in [0.2, 0.25) is 0 Å². The van der Waals surface area contributed by atoms with Gasteiger partial charge in [-0.25, -0.2) is 0 Å². The molecule has 0 radical (unpaired) electrons. The Morgan fingerprint density at radius 2 is 1.81 bits per heavy atom. The topological polar surface area (TPSA) is 56.1 Å². The predicted molar refractivity (Wildman–Crippen MR) is 101 cm³/mol. The van der Waals surface area contributed by atoms with Gasteiger partial charge in [-0.15, -0.1) is 0 Å². The van der Waals surface area contributed by atoms with Gasteiger partial charge in [-0.3, -0.25) is 9.48 Å². The second kappa shape index (κ2) is 8.34. The van der Waals surface area contributed by atoms with Gasteiger partial charge in [-0.1, -0.05) is 30.3 Å². The zero-order valence-corrected chi connectivity index (χ0v) is 15.1. The molecule has 0 saturated carbocycles. The average Bonchev–Trinajstić information content (AvgIpc) is 3.11. The van der Waals surface area contributed by atoms with Crippen LogP contribution in [0.15, 0.2) is 60.9 Å². The molecule has 0 saturated heterocycles. The Labute approximate surface area is 153 Å². The Bertz CT molecular complexity index is 852. The molecule has 0 aliphatic rings. The van der Waals surface area contributed by atoms with Crippen LogP contribution in [0.25, 0.3) is 0 Å². The van der Waals surface area contributed by atoms with Crippen molar-refractivity contribution in [2.24, 2.45) is 0 Å². The summed E-state index contributed by atoms with van der Waals surface area (Å²) in [6, 6.07) is 15.9. The van der Waals surface area contributed by atoms with E-state index in [9.17, 15) is 4.79 Å². The number of nitrogens with one attached hydrogen (secondary N) is 1. The summed E-state index contributed by atoms with van der Waals surface area (Å²) in [6.45, 7) is 5.17. The molecule has 0 bridgehead atoms. The summed E-state index contributed by atoms with van der Waals surface area (Å²) in [5, 5.41) is 7.16. The molecule has 0 spiro atoms. The number of rotatable bonds is 7. The molecule has 1 N–H and O–H groups in total. The highest BCUT2D eigenvalue weighted by Gasteiger charge is 2.07. The minimum absolute atomic E-state index is 0.00418. The second-order valence-electron chi connectivity index (χ2n) is 6.36. The lowest BCUT2D eigenvalue weighted by molar-refractivity contribution is -0.123. The van der Waals surface area contributed by atoms with Crippen LogP contribution in [0.1, 0.15) is 22.3 Å². The third kappa shape index (κ3) is 4.96. The van der Waals surface area contributed by atoms with Gasteiger partial charge in [0, 0.05) is 18.9 Å². The summed E-state index contributed by atoms with van der Waals surface area (Å²) < 4.78 is 7.47. The number of carbonyl (C=O) groups is 1. The van der Waals surface area contributed by atoms with Gasteiger partial charge in [0.15, 0.2) is 6.61 Å². The molecule has 0 aliphatic heterocycles. The smallest absolute Gasteiger partial charge is 0.258 e. The summed E-state index contributed by atoms with van der Waals surface area (Å²) in [5.41, 5.74) is 4.44. The number of hydrogen-bond donors (Lipinski definition) is 1. The first kappa shape index (κ1) is 17.7. The number of benzene rings is 2. The molecule has 1 aromatic heterocycles. The van der Waals surface area contributed by atoms with E-state index in [0.29, 0.717) is 13.1 Å². The number of aryl methyl sites for hydroxylation is 2. The fourth-order valence-electron chi connectivity index (χ4n) is 2.86. The Balaban J connectivity index is 1.54. The third-order valence-corrected chi connectivity index (χ3v) is 4.05. The predicted octanol–water partition coefficient (Wildman–Crippen LogP) is 3.24. The summed E-state index contributed by atoms with van der Waals surface area (Å²) >= 11 is 0. The van der Waals surface area contributed by atoms with Gasteiger partial charge >= 0.3 is 0 Å². The fraction of sp³-hybridized carbons (Fsp3) is 0.238. The van der Waals surface area contributed by atoms with Crippen LogP contribution < -0.4 is 10.1 Å². The van der Waals surface area contributed by atoms with Crippen molar-refractivity contribution in [2.75, 3.05) is 6.61 Å². The fourth-order valence-corrected chi connectivity index (χ4v) is 2.86. The molecular formula is C21H23N3O2. The molecule has 0 aliphatic carbocycles. The molecular weight excluding hydrogens is 326 g/mol. The highest BCUT2D eigenvalue weighted by Crippen LogP contribution is 2.16. The number of nitrogens with zero attached hydrogens (tertiary/aromatic N) is 2. The van der Waals surface area contributed by atoms with Crippen LogP contribution in [0.3, 0.4) is 0 Å². The zero-order chi connectivity index (χ0) is 18.4. The molecule has 0 unspecified atom stereocenters. The molecule has 1 heterocycles. The van der Waals surface area contributed by atoms with Crippen molar-refractivity contribution in [3.05, 3.63) is 83.2 Å². The van der Waals surface area contributed by atoms with E-state index >= 15 is 0 Å². The number of hydrogen-bond acceptors (Lipinski definition) is 3. The molecule has 0 atom stereocenters. The first-order valence-electron chi connectivity index (χ1n) is 8.62. The van der Waals surface area contributed by atoms with Crippen LogP contribution in [0.2, 0.25) is 0 Å². The van der Waals surface area contributed by atoms with Gasteiger partial charge < -0.3 is 10.1 Å². The highest BCUT2D eigenvalue weighted by molar-refractivity contribution is 5.77. The SMILES string of the molecule is Cc1cc(C)cc(OCC(=O)NCc2ccccc2Cn2cccn2)c1. The quantitative estimate of drug-likeness (QED) is 0.712. The van der Waals surface area contributed by atoms with Gasteiger partial charge in [0.25, 0.3) is 5.91 Å². The number of ether oxygens (including phenoxy) is 1. The molecule has 2 aromatic carbocycles. The molecule has 3 aromatic rings. The van der Waals surface area contributed by atoms with E-state index in [4.69, 9.17) is 4.74 Å². The van der Waals surface area contributed by atoms with Crippen LogP contribution in [0, 0.1) is 13.8 Å². The first-order chi connectivity index (χ1) is 12.6. The van der Waals surface area contributed by atoms with Crippen molar-refractivity contribution in [2.45, 2.75) is 26.9 Å². The minimum Gasteiger partial charge on any atom is -0.484 e. The van der Waals surface area contributed by atoms with Gasteiger partial charge in [0.05, 0.1) is 6.54 Å². The maximum absolute atomic E-state index is 12.1. The van der Waals surface area contributed by atoms with Crippen LogP contribution in [0.4, 0.5) is 0 Å². The maximum Gasteiger partial charge on any atom is 0.258 e. The lowest BCUT2D eigenvalue weighted by Crippen LogP contribution is -2.28. The van der Waals surface area contributed by atoms with E-state index in [0.717, 1.165) is 28.0 Å². The number of amides is 1. The van der Waals surface area contributed by atoms with E-state index in [2.05, 4.69) is 22.5 Å². The van der Waals surface area contributed by atoms with Crippen molar-refractivity contribution < 1.29 is 9.53 Å². The van der Waals surface area contributed by atoms with E-state index in [1.807, 2.05) is 61.1 Å². The average molecular weight is 349 g/mol. The summed E-state index contributed by atoms with van der Waals surface area (Å²) in [6.07, 6.45) is 3.68. The Hall–Kier alpha value is -3.08. The van der Waals surface area contributed by atoms with Crippen LogP contribution in [-0.4, -0.2) is 22.3 Å². The Morgan fingerprint density at radius 1 is 1.08 bits per heavy atom. The highest BCUT2D eigenvalue weighted by atomic mass is 16.5. The van der Waals surface area contributed by atoms with E-state index in [1.165, 1.54) is 0 Å². The van der Waals surface area contributed by atoms with Crippen molar-refractivity contribution >= 4 is 5.91 Å². The summed E-state index contributed by atoms with van der Waals surface area (Å²) in [5.74, 6) is 0.579. The van der Waals surface area contributed by atoms with E-state index in [1.54, 1.807) is 6.20 Å². The van der Waals surface area contributed by atoms with Gasteiger partial charge in [-0.05, 0) is 54.3 Å². The largest absolute Gasteiger partial charge is 0.484 e. The molecule has 1 amide bonds.